The number of amides is 3. The molecule has 1 aromatic rings. The molecule has 3 N–H and O–H groups in total. The van der Waals surface area contributed by atoms with Gasteiger partial charge in [0, 0.05) is 31.3 Å². The van der Waals surface area contributed by atoms with Gasteiger partial charge >= 0.3 is 0 Å². The van der Waals surface area contributed by atoms with Crippen LogP contribution in [-0.2, 0) is 9.59 Å². The zero-order chi connectivity index (χ0) is 14.7. The van der Waals surface area contributed by atoms with Crippen molar-refractivity contribution < 1.29 is 14.4 Å². The number of aryl methyl sites for hydroxylation is 1. The van der Waals surface area contributed by atoms with E-state index in [1.165, 1.54) is 0 Å². The van der Waals surface area contributed by atoms with Gasteiger partial charge in [0.25, 0.3) is 5.91 Å². The monoisotopic (exact) mass is 275 g/mol. The van der Waals surface area contributed by atoms with E-state index in [1.807, 2.05) is 6.92 Å². The van der Waals surface area contributed by atoms with Gasteiger partial charge < -0.3 is 16.0 Å². The summed E-state index contributed by atoms with van der Waals surface area (Å²) in [5, 5.41) is 7.94. The predicted molar refractivity (Wildman–Crippen MR) is 74.3 cm³/mol. The summed E-state index contributed by atoms with van der Waals surface area (Å²) in [7, 11) is 1.55. The number of rotatable bonds is 3. The molecule has 1 aliphatic heterocycles. The molecule has 2 rings (SSSR count). The van der Waals surface area contributed by atoms with Crippen molar-refractivity contribution in [2.45, 2.75) is 13.3 Å². The first kappa shape index (κ1) is 14.0. The van der Waals surface area contributed by atoms with Crippen molar-refractivity contribution in [3.05, 3.63) is 29.3 Å². The summed E-state index contributed by atoms with van der Waals surface area (Å²) in [6.45, 7) is 2.21. The Kier molecular flexibility index (Phi) is 4.02. The van der Waals surface area contributed by atoms with Crippen LogP contribution < -0.4 is 16.0 Å². The van der Waals surface area contributed by atoms with Crippen LogP contribution in [0.25, 0.3) is 0 Å². The molecule has 1 aromatic carbocycles. The number of benzene rings is 1. The van der Waals surface area contributed by atoms with E-state index < -0.39 is 0 Å². The van der Waals surface area contributed by atoms with Gasteiger partial charge in [0.1, 0.15) is 0 Å². The maximum absolute atomic E-state index is 12.1. The average Bonchev–Trinajstić information content (AvgIpc) is 2.87. The van der Waals surface area contributed by atoms with Gasteiger partial charge in [-0.25, -0.2) is 0 Å². The Bertz CT molecular complexity index is 569. The molecule has 6 heteroatoms. The second-order valence-corrected chi connectivity index (χ2v) is 4.80. The first-order chi connectivity index (χ1) is 9.51. The second kappa shape index (κ2) is 5.73. The maximum atomic E-state index is 12.1. The van der Waals surface area contributed by atoms with Crippen LogP contribution in [0.1, 0.15) is 22.3 Å². The molecule has 6 nitrogen and oxygen atoms in total. The molecule has 0 aliphatic carbocycles. The summed E-state index contributed by atoms with van der Waals surface area (Å²) < 4.78 is 0. The molecule has 1 heterocycles. The largest absolute Gasteiger partial charge is 0.355 e. The van der Waals surface area contributed by atoms with Crippen molar-refractivity contribution in [2.24, 2.45) is 5.92 Å². The summed E-state index contributed by atoms with van der Waals surface area (Å²) in [5.41, 5.74) is 1.94. The van der Waals surface area contributed by atoms with Crippen LogP contribution in [0.3, 0.4) is 0 Å². The zero-order valence-electron chi connectivity index (χ0n) is 11.4. The molecule has 0 saturated carbocycles. The van der Waals surface area contributed by atoms with Crippen molar-refractivity contribution in [2.75, 3.05) is 18.9 Å². The fourth-order valence-corrected chi connectivity index (χ4v) is 2.07. The molecule has 1 atom stereocenters. The smallest absolute Gasteiger partial charge is 0.251 e. The van der Waals surface area contributed by atoms with Crippen LogP contribution in [0.5, 0.6) is 0 Å². The molecule has 0 aromatic heterocycles. The molecule has 0 bridgehead atoms. The van der Waals surface area contributed by atoms with Gasteiger partial charge in [-0.15, -0.1) is 0 Å². The number of hydrogen-bond donors (Lipinski definition) is 3. The van der Waals surface area contributed by atoms with Crippen LogP contribution >= 0.6 is 0 Å². The fraction of sp³-hybridized carbons (Fsp3) is 0.357. The minimum Gasteiger partial charge on any atom is -0.355 e. The highest BCUT2D eigenvalue weighted by molar-refractivity contribution is 6.00. The Morgan fingerprint density at radius 2 is 2.10 bits per heavy atom. The Morgan fingerprint density at radius 3 is 2.70 bits per heavy atom. The van der Waals surface area contributed by atoms with Crippen LogP contribution in [0.2, 0.25) is 0 Å². The molecule has 106 valence electrons. The van der Waals surface area contributed by atoms with Gasteiger partial charge in [-0.05, 0) is 24.6 Å². The van der Waals surface area contributed by atoms with E-state index in [2.05, 4.69) is 16.0 Å². The Balaban J connectivity index is 2.14. The lowest BCUT2D eigenvalue weighted by Crippen LogP contribution is -2.25. The highest BCUT2D eigenvalue weighted by atomic mass is 16.2. The fourth-order valence-electron chi connectivity index (χ4n) is 2.07. The van der Waals surface area contributed by atoms with Crippen LogP contribution in [-0.4, -0.2) is 31.3 Å². The summed E-state index contributed by atoms with van der Waals surface area (Å²) in [6, 6.07) is 5.11. The summed E-state index contributed by atoms with van der Waals surface area (Å²) in [6.07, 6.45) is 0.208. The summed E-state index contributed by atoms with van der Waals surface area (Å²) >= 11 is 0. The highest BCUT2D eigenvalue weighted by Gasteiger charge is 2.28. The topological polar surface area (TPSA) is 87.3 Å². The lowest BCUT2D eigenvalue weighted by molar-refractivity contribution is -0.123. The van der Waals surface area contributed by atoms with E-state index in [0.29, 0.717) is 17.8 Å². The van der Waals surface area contributed by atoms with Crippen molar-refractivity contribution in [3.8, 4) is 0 Å². The minimum absolute atomic E-state index is 0.110. The lowest BCUT2D eigenvalue weighted by atomic mass is 10.1. The molecule has 1 unspecified atom stereocenters. The van der Waals surface area contributed by atoms with Crippen molar-refractivity contribution in [1.29, 1.82) is 0 Å². The molecule has 1 aliphatic rings. The SMILES string of the molecule is CNC(=O)c1ccc(C)c(NC(=O)C2CNC(=O)C2)c1. The van der Waals surface area contributed by atoms with E-state index >= 15 is 0 Å². The number of nitrogens with one attached hydrogen (secondary N) is 3. The van der Waals surface area contributed by atoms with E-state index in [0.717, 1.165) is 5.56 Å². The van der Waals surface area contributed by atoms with Gasteiger partial charge in [0.2, 0.25) is 11.8 Å². The van der Waals surface area contributed by atoms with Gasteiger partial charge in [0.05, 0.1) is 5.92 Å². The molecule has 20 heavy (non-hydrogen) atoms. The first-order valence-corrected chi connectivity index (χ1v) is 6.41. The van der Waals surface area contributed by atoms with Crippen LogP contribution in [0.4, 0.5) is 5.69 Å². The average molecular weight is 275 g/mol. The summed E-state index contributed by atoms with van der Waals surface area (Å²) in [4.78, 5) is 34.8. The number of carbonyl (C=O) groups is 3. The van der Waals surface area contributed by atoms with Crippen molar-refractivity contribution in [3.63, 3.8) is 0 Å². The molecule has 0 radical (unpaired) electrons. The highest BCUT2D eigenvalue weighted by Crippen LogP contribution is 2.19. The quantitative estimate of drug-likeness (QED) is 0.747. The lowest BCUT2D eigenvalue weighted by Gasteiger charge is -2.12. The normalized spacial score (nSPS) is 17.5. The van der Waals surface area contributed by atoms with Gasteiger partial charge in [-0.1, -0.05) is 6.07 Å². The number of carbonyl (C=O) groups excluding carboxylic acids is 3. The van der Waals surface area contributed by atoms with Crippen molar-refractivity contribution >= 4 is 23.4 Å². The summed E-state index contributed by atoms with van der Waals surface area (Å²) in [5.74, 6) is -0.884. The van der Waals surface area contributed by atoms with E-state index in [-0.39, 0.29) is 30.1 Å². The number of hydrogen-bond acceptors (Lipinski definition) is 3. The molecular formula is C14H17N3O3. The zero-order valence-corrected chi connectivity index (χ0v) is 11.4. The third kappa shape index (κ3) is 2.96. The van der Waals surface area contributed by atoms with E-state index in [9.17, 15) is 14.4 Å². The molecule has 0 spiro atoms. The predicted octanol–water partition coefficient (Wildman–Crippen LogP) is 0.429. The molecule has 1 fully saturated rings. The molecular weight excluding hydrogens is 258 g/mol. The van der Waals surface area contributed by atoms with Crippen LogP contribution in [0, 0.1) is 12.8 Å². The second-order valence-electron chi connectivity index (χ2n) is 4.80. The maximum Gasteiger partial charge on any atom is 0.251 e. The van der Waals surface area contributed by atoms with Gasteiger partial charge in [-0.2, -0.15) is 0 Å². The standard InChI is InChI=1S/C14H17N3O3/c1-8-3-4-9(13(19)15-2)5-11(8)17-14(20)10-6-12(18)16-7-10/h3-5,10H,6-7H2,1-2H3,(H,15,19)(H,16,18)(H,17,20). The third-order valence-electron chi connectivity index (χ3n) is 3.33. The third-order valence-corrected chi connectivity index (χ3v) is 3.33. The number of anilines is 1. The van der Waals surface area contributed by atoms with Gasteiger partial charge in [0.15, 0.2) is 0 Å². The Labute approximate surface area is 116 Å². The van der Waals surface area contributed by atoms with E-state index in [4.69, 9.17) is 0 Å². The molecule has 3 amide bonds. The first-order valence-electron chi connectivity index (χ1n) is 6.41. The Morgan fingerprint density at radius 1 is 1.35 bits per heavy atom. The minimum atomic E-state index is -0.356. The molecule has 1 saturated heterocycles. The van der Waals surface area contributed by atoms with Crippen molar-refractivity contribution in [1.82, 2.24) is 10.6 Å². The van der Waals surface area contributed by atoms with Crippen LogP contribution in [0.15, 0.2) is 18.2 Å². The van der Waals surface area contributed by atoms with E-state index in [1.54, 1.807) is 25.2 Å². The Hall–Kier alpha value is -2.37. The van der Waals surface area contributed by atoms with Gasteiger partial charge in [-0.3, -0.25) is 14.4 Å².